The number of unbranched alkanes of at least 4 members (excludes halogenated alkanes) is 10. The second-order valence-corrected chi connectivity index (χ2v) is 7.21. The van der Waals surface area contributed by atoms with Crippen molar-refractivity contribution in [3.63, 3.8) is 0 Å². The molecule has 0 fully saturated rings. The van der Waals surface area contributed by atoms with Gasteiger partial charge in [-0.25, -0.2) is 0 Å². The summed E-state index contributed by atoms with van der Waals surface area (Å²) in [5.41, 5.74) is 2.31. The Balaban J connectivity index is 2.41. The Morgan fingerprint density at radius 2 is 1.12 bits per heavy atom. The van der Waals surface area contributed by atoms with Gasteiger partial charge in [-0.3, -0.25) is 0 Å². The van der Waals surface area contributed by atoms with Crippen LogP contribution in [0.2, 0.25) is 0 Å². The molecular weight excluding hydrogens is 302 g/mol. The molecule has 0 aliphatic rings. The summed E-state index contributed by atoms with van der Waals surface area (Å²) in [4.78, 5) is 2.57. The van der Waals surface area contributed by atoms with Gasteiger partial charge in [0, 0.05) is 24.3 Å². The lowest BCUT2D eigenvalue weighted by atomic mass is 10.1. The molecule has 0 saturated heterocycles. The topological polar surface area (TPSA) is 3.24 Å². The smallest absolute Gasteiger partial charge is 0.0367 e. The Kier molecular flexibility index (Phi) is 12.9. The van der Waals surface area contributed by atoms with Crippen LogP contribution < -0.4 is 4.90 Å². The van der Waals surface area contributed by atoms with Gasteiger partial charge in [-0.2, -0.15) is 0 Å². The van der Waals surface area contributed by atoms with Crippen molar-refractivity contribution in [1.82, 2.24) is 0 Å². The second-order valence-electron chi connectivity index (χ2n) is 7.21. The van der Waals surface area contributed by atoms with Crippen molar-refractivity contribution >= 4 is 5.69 Å². The quantitative estimate of drug-likeness (QED) is 0.241. The highest BCUT2D eigenvalue weighted by molar-refractivity contribution is 5.50. The van der Waals surface area contributed by atoms with Gasteiger partial charge in [-0.15, -0.1) is 6.42 Å². The zero-order valence-corrected chi connectivity index (χ0v) is 16.7. The summed E-state index contributed by atoms with van der Waals surface area (Å²) in [6.45, 7) is 6.91. The minimum atomic E-state index is 0.975. The molecule has 1 nitrogen and oxygen atoms in total. The van der Waals surface area contributed by atoms with Gasteiger partial charge in [0.05, 0.1) is 0 Å². The molecule has 0 bridgehead atoms. The lowest BCUT2D eigenvalue weighted by Gasteiger charge is -2.25. The molecule has 0 heterocycles. The van der Waals surface area contributed by atoms with Gasteiger partial charge in [-0.05, 0) is 37.1 Å². The van der Waals surface area contributed by atoms with Crippen molar-refractivity contribution < 1.29 is 0 Å². The first-order valence-electron chi connectivity index (χ1n) is 10.6. The average molecular weight is 342 g/mol. The number of nitrogens with zero attached hydrogens (tertiary/aromatic N) is 1. The van der Waals surface area contributed by atoms with Crippen molar-refractivity contribution in [2.45, 2.75) is 90.9 Å². The molecule has 1 rings (SSSR count). The maximum Gasteiger partial charge on any atom is 0.0367 e. The van der Waals surface area contributed by atoms with Gasteiger partial charge in [-0.1, -0.05) is 84.0 Å². The summed E-state index contributed by atoms with van der Waals surface area (Å²) in [6.07, 6.45) is 21.8. The highest BCUT2D eigenvalue weighted by atomic mass is 15.1. The van der Waals surface area contributed by atoms with Crippen LogP contribution in [0, 0.1) is 12.3 Å². The third kappa shape index (κ3) is 10.2. The molecule has 25 heavy (non-hydrogen) atoms. The van der Waals surface area contributed by atoms with Crippen LogP contribution in [0.3, 0.4) is 0 Å². The van der Waals surface area contributed by atoms with Crippen LogP contribution in [-0.2, 0) is 0 Å². The van der Waals surface area contributed by atoms with Crippen molar-refractivity contribution in [2.24, 2.45) is 0 Å². The zero-order chi connectivity index (χ0) is 18.2. The summed E-state index contributed by atoms with van der Waals surface area (Å²) in [6, 6.07) is 8.54. The van der Waals surface area contributed by atoms with Gasteiger partial charge in [0.15, 0.2) is 0 Å². The molecule has 0 aromatic heterocycles. The standard InChI is InChI=1S/C24H39N/c1-4-7-9-11-13-15-21-25(22-16-14-12-10-8-5-2)24-19-17-23(6-3)18-20-24/h3,17-20H,4-5,7-16,21-22H2,1-2H3. The maximum atomic E-state index is 5.49. The van der Waals surface area contributed by atoms with E-state index in [1.54, 1.807) is 0 Å². The van der Waals surface area contributed by atoms with Crippen LogP contribution in [0.15, 0.2) is 24.3 Å². The fourth-order valence-corrected chi connectivity index (χ4v) is 3.30. The van der Waals surface area contributed by atoms with Gasteiger partial charge in [0.2, 0.25) is 0 Å². The van der Waals surface area contributed by atoms with E-state index in [0.29, 0.717) is 0 Å². The molecule has 1 heteroatoms. The molecule has 1 aromatic rings. The molecule has 0 amide bonds. The molecule has 0 spiro atoms. The molecule has 0 aliphatic carbocycles. The van der Waals surface area contributed by atoms with E-state index in [9.17, 15) is 0 Å². The van der Waals surface area contributed by atoms with Gasteiger partial charge >= 0.3 is 0 Å². The van der Waals surface area contributed by atoms with E-state index in [1.807, 2.05) is 0 Å². The predicted octanol–water partition coefficient (Wildman–Crippen LogP) is 7.20. The first-order chi connectivity index (χ1) is 12.3. The normalized spacial score (nSPS) is 10.6. The Bertz CT molecular complexity index is 438. The third-order valence-electron chi connectivity index (χ3n) is 4.96. The van der Waals surface area contributed by atoms with Crippen LogP contribution in [0.25, 0.3) is 0 Å². The summed E-state index contributed by atoms with van der Waals surface area (Å²) in [5.74, 6) is 2.72. The number of rotatable bonds is 15. The number of hydrogen-bond acceptors (Lipinski definition) is 1. The van der Waals surface area contributed by atoms with Gasteiger partial charge in [0.25, 0.3) is 0 Å². The summed E-state index contributed by atoms with van der Waals surface area (Å²) in [7, 11) is 0. The molecule has 0 N–H and O–H groups in total. The fourth-order valence-electron chi connectivity index (χ4n) is 3.30. The van der Waals surface area contributed by atoms with E-state index in [0.717, 1.165) is 5.56 Å². The van der Waals surface area contributed by atoms with E-state index in [2.05, 4.69) is 48.9 Å². The van der Waals surface area contributed by atoms with Gasteiger partial charge < -0.3 is 4.90 Å². The van der Waals surface area contributed by atoms with E-state index in [-0.39, 0.29) is 0 Å². The molecule has 0 aliphatic heterocycles. The Morgan fingerprint density at radius 3 is 1.56 bits per heavy atom. The Morgan fingerprint density at radius 1 is 0.680 bits per heavy atom. The average Bonchev–Trinajstić information content (AvgIpc) is 2.65. The summed E-state index contributed by atoms with van der Waals surface area (Å²) < 4.78 is 0. The van der Waals surface area contributed by atoms with Crippen molar-refractivity contribution in [3.8, 4) is 12.3 Å². The highest BCUT2D eigenvalue weighted by Gasteiger charge is 2.06. The molecule has 1 aromatic carbocycles. The lowest BCUT2D eigenvalue weighted by molar-refractivity contribution is 0.575. The SMILES string of the molecule is C#Cc1ccc(N(CCCCCCCC)CCCCCCCC)cc1. The first kappa shape index (κ1) is 21.6. The minimum Gasteiger partial charge on any atom is -0.372 e. The van der Waals surface area contributed by atoms with Crippen LogP contribution in [0.4, 0.5) is 5.69 Å². The number of anilines is 1. The van der Waals surface area contributed by atoms with Crippen molar-refractivity contribution in [3.05, 3.63) is 29.8 Å². The highest BCUT2D eigenvalue weighted by Crippen LogP contribution is 2.18. The summed E-state index contributed by atoms with van der Waals surface area (Å²) in [5, 5.41) is 0. The predicted molar refractivity (Wildman–Crippen MR) is 113 cm³/mol. The molecule has 0 unspecified atom stereocenters. The largest absolute Gasteiger partial charge is 0.372 e. The zero-order valence-electron chi connectivity index (χ0n) is 16.7. The maximum absolute atomic E-state index is 5.49. The molecular formula is C24H39N. The van der Waals surface area contributed by atoms with Crippen LogP contribution >= 0.6 is 0 Å². The van der Waals surface area contributed by atoms with Crippen LogP contribution in [0.5, 0.6) is 0 Å². The van der Waals surface area contributed by atoms with E-state index in [1.165, 1.54) is 95.8 Å². The Labute approximate surface area is 157 Å². The van der Waals surface area contributed by atoms with Gasteiger partial charge in [0.1, 0.15) is 0 Å². The van der Waals surface area contributed by atoms with E-state index < -0.39 is 0 Å². The van der Waals surface area contributed by atoms with Crippen molar-refractivity contribution in [1.29, 1.82) is 0 Å². The van der Waals surface area contributed by atoms with Crippen LogP contribution in [-0.4, -0.2) is 13.1 Å². The monoisotopic (exact) mass is 341 g/mol. The molecule has 140 valence electrons. The number of terminal acetylenes is 1. The van der Waals surface area contributed by atoms with E-state index >= 15 is 0 Å². The van der Waals surface area contributed by atoms with Crippen molar-refractivity contribution in [2.75, 3.05) is 18.0 Å². The Hall–Kier alpha value is -1.42. The molecule has 0 saturated carbocycles. The molecule has 0 atom stereocenters. The number of benzene rings is 1. The lowest BCUT2D eigenvalue weighted by Crippen LogP contribution is -2.25. The minimum absolute atomic E-state index is 0.975. The number of hydrogen-bond donors (Lipinski definition) is 0. The third-order valence-corrected chi connectivity index (χ3v) is 4.96. The summed E-state index contributed by atoms with van der Waals surface area (Å²) >= 11 is 0. The fraction of sp³-hybridized carbons (Fsp3) is 0.667. The van der Waals surface area contributed by atoms with E-state index in [4.69, 9.17) is 6.42 Å². The second kappa shape index (κ2) is 14.9. The molecule has 0 radical (unpaired) electrons. The first-order valence-corrected chi connectivity index (χ1v) is 10.6. The van der Waals surface area contributed by atoms with Crippen LogP contribution in [0.1, 0.15) is 96.5 Å².